The van der Waals surface area contributed by atoms with Crippen LogP contribution in [0.1, 0.15) is 47.8 Å². The molecule has 0 saturated heterocycles. The maximum absolute atomic E-state index is 11.2. The Balaban J connectivity index is 2.20. The number of aromatic nitrogens is 3. The average molecular weight is 245 g/mol. The zero-order chi connectivity index (χ0) is 12.7. The van der Waals surface area contributed by atoms with Crippen molar-refractivity contribution in [3.63, 3.8) is 0 Å². The van der Waals surface area contributed by atoms with Crippen LogP contribution in [-0.4, -0.2) is 25.6 Å². The predicted octanol–water partition coefficient (Wildman–Crippen LogP) is 2.32. The number of carboxylic acids is 1. The molecule has 5 heteroatoms. The van der Waals surface area contributed by atoms with E-state index in [1.165, 1.54) is 25.1 Å². The molecule has 0 spiro atoms. The van der Waals surface area contributed by atoms with Gasteiger partial charge in [0, 0.05) is 19.2 Å². The predicted molar refractivity (Wildman–Crippen MR) is 66.7 cm³/mol. The minimum Gasteiger partial charge on any atom is -0.478 e. The number of aromatic carboxylic acids is 1. The number of nitrogens with zero attached hydrogens (tertiary/aromatic N) is 3. The molecule has 3 rings (SSSR count). The summed E-state index contributed by atoms with van der Waals surface area (Å²) in [6.07, 6.45) is 6.27. The van der Waals surface area contributed by atoms with Crippen LogP contribution in [0.2, 0.25) is 0 Å². The van der Waals surface area contributed by atoms with Gasteiger partial charge in [0.15, 0.2) is 5.65 Å². The van der Waals surface area contributed by atoms with Gasteiger partial charge in [-0.2, -0.15) is 0 Å². The summed E-state index contributed by atoms with van der Waals surface area (Å²) in [5.41, 5.74) is 1.41. The highest BCUT2D eigenvalue weighted by Crippen LogP contribution is 2.34. The van der Waals surface area contributed by atoms with Crippen LogP contribution in [0.3, 0.4) is 0 Å². The lowest BCUT2D eigenvalue weighted by molar-refractivity contribution is 0.0698. The van der Waals surface area contributed by atoms with Crippen LogP contribution < -0.4 is 0 Å². The molecule has 1 fully saturated rings. The number of rotatable bonds is 2. The molecule has 5 nitrogen and oxygen atoms in total. The second kappa shape index (κ2) is 4.08. The summed E-state index contributed by atoms with van der Waals surface area (Å²) < 4.78 is 1.94. The number of fused-ring (bicyclic) bond motifs is 1. The second-order valence-electron chi connectivity index (χ2n) is 4.85. The quantitative estimate of drug-likeness (QED) is 0.881. The van der Waals surface area contributed by atoms with Crippen LogP contribution in [0.25, 0.3) is 11.2 Å². The van der Waals surface area contributed by atoms with Gasteiger partial charge in [0.25, 0.3) is 0 Å². The number of carboxylic acid groups (broad SMARTS) is 1. The molecular weight excluding hydrogens is 230 g/mol. The Labute approximate surface area is 104 Å². The lowest BCUT2D eigenvalue weighted by Crippen LogP contribution is -2.02. The molecule has 18 heavy (non-hydrogen) atoms. The van der Waals surface area contributed by atoms with Gasteiger partial charge in [-0.3, -0.25) is 0 Å². The van der Waals surface area contributed by atoms with E-state index in [0.717, 1.165) is 18.7 Å². The number of aryl methyl sites for hydroxylation is 1. The van der Waals surface area contributed by atoms with Gasteiger partial charge in [0.1, 0.15) is 11.3 Å². The first-order valence-electron chi connectivity index (χ1n) is 6.23. The van der Waals surface area contributed by atoms with Gasteiger partial charge in [-0.15, -0.1) is 0 Å². The fourth-order valence-corrected chi connectivity index (χ4v) is 2.82. The van der Waals surface area contributed by atoms with Crippen molar-refractivity contribution in [2.24, 2.45) is 7.05 Å². The van der Waals surface area contributed by atoms with Crippen LogP contribution in [0.15, 0.2) is 12.3 Å². The molecule has 0 atom stereocenters. The molecule has 94 valence electrons. The van der Waals surface area contributed by atoms with Crippen molar-refractivity contribution in [1.29, 1.82) is 0 Å². The van der Waals surface area contributed by atoms with Crippen molar-refractivity contribution in [2.75, 3.05) is 0 Å². The van der Waals surface area contributed by atoms with Gasteiger partial charge >= 0.3 is 5.97 Å². The first kappa shape index (κ1) is 11.2. The molecule has 2 heterocycles. The van der Waals surface area contributed by atoms with Crippen LogP contribution in [0, 0.1) is 0 Å². The number of pyridine rings is 1. The molecule has 1 saturated carbocycles. The highest BCUT2D eigenvalue weighted by atomic mass is 16.4. The third-order valence-corrected chi connectivity index (χ3v) is 3.74. The SMILES string of the molecule is Cn1c(C2CCCC2)nc2c(C(=O)O)ccnc21. The van der Waals surface area contributed by atoms with Gasteiger partial charge in [0.2, 0.25) is 0 Å². The number of carbonyl (C=O) groups is 1. The summed E-state index contributed by atoms with van der Waals surface area (Å²) in [4.78, 5) is 20.0. The molecule has 0 aliphatic heterocycles. The topological polar surface area (TPSA) is 68.0 Å². The molecule has 0 amide bonds. The van der Waals surface area contributed by atoms with E-state index < -0.39 is 5.97 Å². The fraction of sp³-hybridized carbons (Fsp3) is 0.462. The Morgan fingerprint density at radius 1 is 1.44 bits per heavy atom. The Morgan fingerprint density at radius 2 is 2.17 bits per heavy atom. The van der Waals surface area contributed by atoms with Crippen molar-refractivity contribution < 1.29 is 9.90 Å². The first-order valence-corrected chi connectivity index (χ1v) is 6.23. The normalized spacial score (nSPS) is 16.5. The molecule has 1 N–H and O–H groups in total. The van der Waals surface area contributed by atoms with E-state index in [2.05, 4.69) is 9.97 Å². The molecule has 2 aromatic rings. The molecule has 0 radical (unpaired) electrons. The molecule has 0 bridgehead atoms. The van der Waals surface area contributed by atoms with Crippen molar-refractivity contribution in [3.05, 3.63) is 23.7 Å². The Morgan fingerprint density at radius 3 is 2.83 bits per heavy atom. The van der Waals surface area contributed by atoms with E-state index in [0.29, 0.717) is 17.1 Å². The van der Waals surface area contributed by atoms with Crippen LogP contribution in [-0.2, 0) is 7.05 Å². The summed E-state index contributed by atoms with van der Waals surface area (Å²) in [6.45, 7) is 0. The van der Waals surface area contributed by atoms with E-state index in [4.69, 9.17) is 0 Å². The van der Waals surface area contributed by atoms with E-state index in [-0.39, 0.29) is 5.56 Å². The largest absolute Gasteiger partial charge is 0.478 e. The number of hydrogen-bond acceptors (Lipinski definition) is 3. The molecule has 1 aliphatic carbocycles. The minimum atomic E-state index is -0.946. The maximum Gasteiger partial charge on any atom is 0.338 e. The zero-order valence-electron chi connectivity index (χ0n) is 10.3. The second-order valence-corrected chi connectivity index (χ2v) is 4.85. The monoisotopic (exact) mass is 245 g/mol. The lowest BCUT2D eigenvalue weighted by Gasteiger charge is -2.07. The molecule has 0 aromatic carbocycles. The summed E-state index contributed by atoms with van der Waals surface area (Å²) >= 11 is 0. The summed E-state index contributed by atoms with van der Waals surface area (Å²) in [5.74, 6) is 0.480. The maximum atomic E-state index is 11.2. The fourth-order valence-electron chi connectivity index (χ4n) is 2.82. The van der Waals surface area contributed by atoms with Crippen molar-refractivity contribution in [3.8, 4) is 0 Å². The van der Waals surface area contributed by atoms with Gasteiger partial charge in [0.05, 0.1) is 5.56 Å². The molecular formula is C13H15N3O2. The van der Waals surface area contributed by atoms with Crippen molar-refractivity contribution >= 4 is 17.1 Å². The minimum absolute atomic E-state index is 0.236. The van der Waals surface area contributed by atoms with Crippen LogP contribution in [0.4, 0.5) is 0 Å². The molecule has 2 aromatic heterocycles. The van der Waals surface area contributed by atoms with Crippen molar-refractivity contribution in [2.45, 2.75) is 31.6 Å². The Hall–Kier alpha value is -1.91. The van der Waals surface area contributed by atoms with Gasteiger partial charge in [-0.1, -0.05) is 12.8 Å². The molecule has 0 unspecified atom stereocenters. The number of hydrogen-bond donors (Lipinski definition) is 1. The Kier molecular flexibility index (Phi) is 2.54. The highest BCUT2D eigenvalue weighted by molar-refractivity contribution is 5.99. The van der Waals surface area contributed by atoms with Gasteiger partial charge in [-0.05, 0) is 18.9 Å². The third-order valence-electron chi connectivity index (χ3n) is 3.74. The van der Waals surface area contributed by atoms with E-state index >= 15 is 0 Å². The van der Waals surface area contributed by atoms with Gasteiger partial charge in [-0.25, -0.2) is 14.8 Å². The first-order chi connectivity index (χ1) is 8.68. The van der Waals surface area contributed by atoms with Crippen LogP contribution in [0.5, 0.6) is 0 Å². The van der Waals surface area contributed by atoms with Crippen molar-refractivity contribution in [1.82, 2.24) is 14.5 Å². The highest BCUT2D eigenvalue weighted by Gasteiger charge is 2.24. The van der Waals surface area contributed by atoms with Gasteiger partial charge < -0.3 is 9.67 Å². The zero-order valence-corrected chi connectivity index (χ0v) is 10.3. The molecule has 1 aliphatic rings. The van der Waals surface area contributed by atoms with Crippen LogP contribution >= 0.6 is 0 Å². The standard InChI is InChI=1S/C13H15N3O2/c1-16-11(8-4-2-3-5-8)15-10-9(13(17)18)6-7-14-12(10)16/h6-8H,2-5H2,1H3,(H,17,18). The lowest BCUT2D eigenvalue weighted by atomic mass is 10.1. The van der Waals surface area contributed by atoms with E-state index in [9.17, 15) is 9.90 Å². The summed E-state index contributed by atoms with van der Waals surface area (Å²) in [6, 6.07) is 1.51. The Bertz CT molecular complexity index is 612. The average Bonchev–Trinajstić information content (AvgIpc) is 2.97. The van der Waals surface area contributed by atoms with E-state index in [1.54, 1.807) is 0 Å². The summed E-state index contributed by atoms with van der Waals surface area (Å²) in [7, 11) is 1.92. The summed E-state index contributed by atoms with van der Waals surface area (Å²) in [5, 5.41) is 9.17. The number of imidazole rings is 1. The smallest absolute Gasteiger partial charge is 0.338 e. The third kappa shape index (κ3) is 1.58. The van der Waals surface area contributed by atoms with E-state index in [1.807, 2.05) is 11.6 Å².